The number of anilines is 1. The first-order chi connectivity index (χ1) is 14.9. The number of aromatic carboxylic acids is 1. The number of carboxylic acid groups (broad SMARTS) is 1. The van der Waals surface area contributed by atoms with Crippen LogP contribution in [0.15, 0.2) is 42.6 Å². The van der Waals surface area contributed by atoms with E-state index < -0.39 is 11.7 Å². The monoisotopic (exact) mass is 422 g/mol. The molecule has 0 unspecified atom stereocenters. The van der Waals surface area contributed by atoms with Gasteiger partial charge < -0.3 is 15.5 Å². The van der Waals surface area contributed by atoms with Crippen LogP contribution in [0.4, 0.5) is 10.1 Å². The minimum atomic E-state index is -1.30. The lowest BCUT2D eigenvalue weighted by Crippen LogP contribution is -2.25. The molecule has 1 aliphatic carbocycles. The SMILES string of the molecule is O=C(O)c1cc(NC(=O)C2CCCCC2)c2cc(Cc3ccc(F)cc3)cnc2c1O. The molecule has 6 nitrogen and oxygen atoms in total. The van der Waals surface area contributed by atoms with Gasteiger partial charge in [-0.2, -0.15) is 0 Å². The molecule has 0 bridgehead atoms. The van der Waals surface area contributed by atoms with Gasteiger partial charge in [-0.25, -0.2) is 9.18 Å². The highest BCUT2D eigenvalue weighted by Crippen LogP contribution is 2.35. The molecule has 1 heterocycles. The van der Waals surface area contributed by atoms with Crippen molar-refractivity contribution in [2.24, 2.45) is 5.92 Å². The molecule has 0 atom stereocenters. The summed E-state index contributed by atoms with van der Waals surface area (Å²) in [5.74, 6) is -2.32. The normalized spacial score (nSPS) is 14.5. The summed E-state index contributed by atoms with van der Waals surface area (Å²) in [5, 5.41) is 23.3. The summed E-state index contributed by atoms with van der Waals surface area (Å²) >= 11 is 0. The second-order valence-electron chi connectivity index (χ2n) is 7.99. The van der Waals surface area contributed by atoms with Gasteiger partial charge in [0.1, 0.15) is 16.9 Å². The maximum atomic E-state index is 13.2. The molecule has 2 aromatic carbocycles. The van der Waals surface area contributed by atoms with Crippen LogP contribution in [0.5, 0.6) is 5.75 Å². The average Bonchev–Trinajstić information content (AvgIpc) is 2.77. The van der Waals surface area contributed by atoms with Crippen molar-refractivity contribution in [1.82, 2.24) is 4.98 Å². The first kappa shape index (κ1) is 20.8. The number of phenols is 1. The Morgan fingerprint density at radius 3 is 2.45 bits per heavy atom. The van der Waals surface area contributed by atoms with Gasteiger partial charge >= 0.3 is 5.97 Å². The van der Waals surface area contributed by atoms with Crippen molar-refractivity contribution in [1.29, 1.82) is 0 Å². The third kappa shape index (κ3) is 4.50. The van der Waals surface area contributed by atoms with E-state index in [1.807, 2.05) is 0 Å². The van der Waals surface area contributed by atoms with Gasteiger partial charge in [0.15, 0.2) is 5.75 Å². The van der Waals surface area contributed by atoms with Gasteiger partial charge in [0.2, 0.25) is 5.91 Å². The number of rotatable bonds is 5. The number of amides is 1. The Morgan fingerprint density at radius 1 is 1.06 bits per heavy atom. The van der Waals surface area contributed by atoms with Crippen LogP contribution < -0.4 is 5.32 Å². The van der Waals surface area contributed by atoms with Crippen LogP contribution in [-0.4, -0.2) is 27.1 Å². The van der Waals surface area contributed by atoms with Crippen molar-refractivity contribution >= 4 is 28.5 Å². The van der Waals surface area contributed by atoms with Gasteiger partial charge in [0, 0.05) is 17.5 Å². The minimum Gasteiger partial charge on any atom is -0.505 e. The van der Waals surface area contributed by atoms with Crippen LogP contribution in [0.25, 0.3) is 10.9 Å². The van der Waals surface area contributed by atoms with Gasteiger partial charge in [-0.1, -0.05) is 31.4 Å². The molecule has 1 saturated carbocycles. The summed E-state index contributed by atoms with van der Waals surface area (Å²) in [6, 6.07) is 9.17. The van der Waals surface area contributed by atoms with Crippen molar-refractivity contribution in [3.8, 4) is 5.75 Å². The Morgan fingerprint density at radius 2 is 1.77 bits per heavy atom. The lowest BCUT2D eigenvalue weighted by molar-refractivity contribution is -0.120. The summed E-state index contributed by atoms with van der Waals surface area (Å²) in [5.41, 5.74) is 1.78. The highest BCUT2D eigenvalue weighted by molar-refractivity contribution is 6.08. The number of nitrogens with one attached hydrogen (secondary N) is 1. The molecule has 7 heteroatoms. The van der Waals surface area contributed by atoms with Crippen LogP contribution in [0, 0.1) is 11.7 Å². The van der Waals surface area contributed by atoms with E-state index in [2.05, 4.69) is 10.3 Å². The van der Waals surface area contributed by atoms with Crippen LogP contribution in [0.3, 0.4) is 0 Å². The zero-order chi connectivity index (χ0) is 22.0. The van der Waals surface area contributed by atoms with Crippen molar-refractivity contribution < 1.29 is 24.2 Å². The molecule has 0 radical (unpaired) electrons. The van der Waals surface area contributed by atoms with Crippen molar-refractivity contribution in [2.75, 3.05) is 5.32 Å². The van der Waals surface area contributed by atoms with Crippen molar-refractivity contribution in [3.63, 3.8) is 0 Å². The third-order valence-corrected chi connectivity index (χ3v) is 5.79. The largest absolute Gasteiger partial charge is 0.505 e. The van der Waals surface area contributed by atoms with E-state index in [9.17, 15) is 24.2 Å². The number of aromatic nitrogens is 1. The molecule has 1 amide bonds. The van der Waals surface area contributed by atoms with Crippen LogP contribution in [0.1, 0.15) is 53.6 Å². The zero-order valence-corrected chi connectivity index (χ0v) is 16.9. The van der Waals surface area contributed by atoms with E-state index in [1.165, 1.54) is 18.2 Å². The maximum absolute atomic E-state index is 13.2. The molecule has 1 fully saturated rings. The number of carbonyl (C=O) groups is 2. The van der Waals surface area contributed by atoms with Crippen LogP contribution in [0.2, 0.25) is 0 Å². The zero-order valence-electron chi connectivity index (χ0n) is 16.9. The summed E-state index contributed by atoms with van der Waals surface area (Å²) in [6.45, 7) is 0. The lowest BCUT2D eigenvalue weighted by atomic mass is 9.88. The highest BCUT2D eigenvalue weighted by atomic mass is 19.1. The molecule has 3 aromatic rings. The summed E-state index contributed by atoms with van der Waals surface area (Å²) in [4.78, 5) is 28.7. The second-order valence-corrected chi connectivity index (χ2v) is 7.99. The molecular formula is C24H23FN2O4. The van der Waals surface area contributed by atoms with Gasteiger partial charge in [-0.15, -0.1) is 0 Å². The number of carboxylic acids is 1. The minimum absolute atomic E-state index is 0.110. The van der Waals surface area contributed by atoms with Gasteiger partial charge in [0.25, 0.3) is 0 Å². The van der Waals surface area contributed by atoms with E-state index in [-0.39, 0.29) is 28.7 Å². The van der Waals surface area contributed by atoms with E-state index in [0.717, 1.165) is 43.2 Å². The Kier molecular flexibility index (Phi) is 5.84. The van der Waals surface area contributed by atoms with E-state index >= 15 is 0 Å². The number of fused-ring (bicyclic) bond motifs is 1. The Bertz CT molecular complexity index is 1140. The van der Waals surface area contributed by atoms with Crippen molar-refractivity contribution in [2.45, 2.75) is 38.5 Å². The fourth-order valence-electron chi connectivity index (χ4n) is 4.12. The lowest BCUT2D eigenvalue weighted by Gasteiger charge is -2.21. The smallest absolute Gasteiger partial charge is 0.339 e. The molecule has 0 saturated heterocycles. The molecule has 1 aromatic heterocycles. The number of benzene rings is 2. The number of carbonyl (C=O) groups excluding carboxylic acids is 1. The number of hydrogen-bond acceptors (Lipinski definition) is 4. The summed E-state index contributed by atoms with van der Waals surface area (Å²) in [6.07, 6.45) is 6.75. The predicted octanol–water partition coefficient (Wildman–Crippen LogP) is 4.89. The fraction of sp³-hybridized carbons (Fsp3) is 0.292. The topological polar surface area (TPSA) is 99.5 Å². The maximum Gasteiger partial charge on any atom is 0.339 e. The van der Waals surface area contributed by atoms with Crippen LogP contribution >= 0.6 is 0 Å². The molecular weight excluding hydrogens is 399 g/mol. The molecule has 0 spiro atoms. The Labute approximate surface area is 178 Å². The molecule has 1 aliphatic rings. The highest BCUT2D eigenvalue weighted by Gasteiger charge is 2.24. The van der Waals surface area contributed by atoms with E-state index in [4.69, 9.17) is 0 Å². The third-order valence-electron chi connectivity index (χ3n) is 5.79. The quantitative estimate of drug-likeness (QED) is 0.509. The summed E-state index contributed by atoms with van der Waals surface area (Å²) < 4.78 is 13.2. The average molecular weight is 422 g/mol. The fourth-order valence-corrected chi connectivity index (χ4v) is 4.12. The van der Waals surface area contributed by atoms with Crippen molar-refractivity contribution in [3.05, 3.63) is 65.1 Å². The number of nitrogens with zero attached hydrogens (tertiary/aromatic N) is 1. The first-order valence-electron chi connectivity index (χ1n) is 10.4. The number of halogens is 1. The predicted molar refractivity (Wildman–Crippen MR) is 115 cm³/mol. The van der Waals surface area contributed by atoms with Crippen LogP contribution in [-0.2, 0) is 11.2 Å². The number of hydrogen-bond donors (Lipinski definition) is 3. The van der Waals surface area contributed by atoms with Gasteiger partial charge in [-0.05, 0) is 54.7 Å². The first-order valence-corrected chi connectivity index (χ1v) is 10.4. The standard InChI is InChI=1S/C24H23FN2O4/c25-17-8-6-14(7-9-17)10-15-11-18-20(27-23(29)16-4-2-1-3-5-16)12-19(24(30)31)22(28)21(18)26-13-15/h6-9,11-13,16,28H,1-5,10H2,(H,27,29)(H,30,31). The number of aromatic hydroxyl groups is 1. The summed E-state index contributed by atoms with van der Waals surface area (Å²) in [7, 11) is 0. The molecule has 3 N–H and O–H groups in total. The van der Waals surface area contributed by atoms with E-state index in [1.54, 1.807) is 24.4 Å². The van der Waals surface area contributed by atoms with Gasteiger partial charge in [-0.3, -0.25) is 9.78 Å². The Hall–Kier alpha value is -3.48. The Balaban J connectivity index is 1.73. The van der Waals surface area contributed by atoms with Gasteiger partial charge in [0.05, 0.1) is 5.69 Å². The molecule has 31 heavy (non-hydrogen) atoms. The second kappa shape index (κ2) is 8.71. The number of pyridine rings is 1. The van der Waals surface area contributed by atoms with E-state index in [0.29, 0.717) is 17.5 Å². The molecule has 4 rings (SSSR count). The molecule has 160 valence electrons. The molecule has 0 aliphatic heterocycles.